The number of H-pyrrole nitrogens is 1. The van der Waals surface area contributed by atoms with Gasteiger partial charge in [0.15, 0.2) is 5.65 Å². The van der Waals surface area contributed by atoms with Gasteiger partial charge in [-0.05, 0) is 38.0 Å². The molecular formula is C31H36ClN11O2. The standard InChI is InChI=1S/C31H36ClN11O2/c1-31(33)8-11-42(12-9-31)24-18-35-28-27(38-39-29(28)36-24)22-3-2-4-23(26(22)32)41-15-13-40(14-16-41)19-20-5-6-21(17-34-20)43-10-7-25(44)37-30(43)45/h2-6,17-18H,7-16,19,33H2,1H3,(H,36,38,39)(H,37,44,45). The summed E-state index contributed by atoms with van der Waals surface area (Å²) in [4.78, 5) is 46.1. The average molecular weight is 630 g/mol. The lowest BCUT2D eigenvalue weighted by molar-refractivity contribution is -0.120. The molecule has 0 saturated carbocycles. The number of fused-ring (bicyclic) bond motifs is 1. The third kappa shape index (κ3) is 6.02. The van der Waals surface area contributed by atoms with E-state index in [2.05, 4.69) is 42.1 Å². The number of piperidine rings is 1. The number of piperazine rings is 1. The third-order valence-corrected chi connectivity index (χ3v) is 9.39. The summed E-state index contributed by atoms with van der Waals surface area (Å²) in [5.41, 5.74) is 11.6. The van der Waals surface area contributed by atoms with Gasteiger partial charge in [-0.2, -0.15) is 5.10 Å². The minimum Gasteiger partial charge on any atom is -0.368 e. The van der Waals surface area contributed by atoms with Crippen LogP contribution in [0.1, 0.15) is 31.9 Å². The van der Waals surface area contributed by atoms with E-state index in [1.54, 1.807) is 6.20 Å². The van der Waals surface area contributed by atoms with E-state index in [-0.39, 0.29) is 17.9 Å². The number of carbonyl (C=O) groups is 2. The molecule has 45 heavy (non-hydrogen) atoms. The van der Waals surface area contributed by atoms with Crippen LogP contribution in [0.5, 0.6) is 0 Å². The predicted octanol–water partition coefficient (Wildman–Crippen LogP) is 3.15. The predicted molar refractivity (Wildman–Crippen MR) is 173 cm³/mol. The molecule has 13 nitrogen and oxygen atoms in total. The number of aromatic amines is 1. The molecule has 234 valence electrons. The van der Waals surface area contributed by atoms with Crippen LogP contribution >= 0.6 is 11.6 Å². The Labute approximate surface area is 265 Å². The van der Waals surface area contributed by atoms with Gasteiger partial charge >= 0.3 is 6.03 Å². The van der Waals surface area contributed by atoms with E-state index in [0.29, 0.717) is 40.7 Å². The lowest BCUT2D eigenvalue weighted by atomic mass is 9.91. The van der Waals surface area contributed by atoms with Crippen LogP contribution in [0.2, 0.25) is 5.02 Å². The van der Waals surface area contributed by atoms with Gasteiger partial charge in [0.05, 0.1) is 34.5 Å². The van der Waals surface area contributed by atoms with Gasteiger partial charge in [0.25, 0.3) is 0 Å². The van der Waals surface area contributed by atoms with E-state index in [1.807, 2.05) is 36.5 Å². The summed E-state index contributed by atoms with van der Waals surface area (Å²) in [6.45, 7) is 8.17. The number of nitrogens with two attached hydrogens (primary N) is 1. The SMILES string of the molecule is CC1(N)CCN(c2cnc3c(-c4cccc(N5CCN(Cc6ccc(N7CCC(=O)NC7=O)cn6)CC5)c4Cl)n[nH]c3n2)CC1. The molecule has 7 rings (SSSR count). The van der Waals surface area contributed by atoms with Crippen molar-refractivity contribution >= 4 is 51.9 Å². The Balaban J connectivity index is 0.998. The van der Waals surface area contributed by atoms with Crippen molar-refractivity contribution in [2.24, 2.45) is 5.73 Å². The third-order valence-electron chi connectivity index (χ3n) is 8.99. The van der Waals surface area contributed by atoms with E-state index < -0.39 is 6.03 Å². The van der Waals surface area contributed by atoms with Crippen LogP contribution < -0.4 is 25.8 Å². The molecule has 3 aromatic heterocycles. The van der Waals surface area contributed by atoms with E-state index in [0.717, 1.165) is 74.9 Å². The number of benzene rings is 1. The molecule has 0 unspecified atom stereocenters. The maximum absolute atomic E-state index is 12.1. The minimum atomic E-state index is -0.407. The Morgan fingerprint density at radius 2 is 1.76 bits per heavy atom. The van der Waals surface area contributed by atoms with Gasteiger partial charge in [0.1, 0.15) is 17.0 Å². The summed E-state index contributed by atoms with van der Waals surface area (Å²) in [7, 11) is 0. The first-order valence-electron chi connectivity index (χ1n) is 15.3. The number of hydrogen-bond acceptors (Lipinski definition) is 10. The Bertz CT molecular complexity index is 1720. The van der Waals surface area contributed by atoms with Crippen molar-refractivity contribution in [1.29, 1.82) is 0 Å². The van der Waals surface area contributed by atoms with E-state index in [9.17, 15) is 9.59 Å². The molecule has 3 amide bonds. The second-order valence-electron chi connectivity index (χ2n) is 12.3. The highest BCUT2D eigenvalue weighted by molar-refractivity contribution is 6.36. The smallest absolute Gasteiger partial charge is 0.328 e. The molecule has 0 spiro atoms. The van der Waals surface area contributed by atoms with Crippen LogP contribution in [0.15, 0.2) is 42.7 Å². The van der Waals surface area contributed by atoms with Crippen molar-refractivity contribution in [2.45, 2.75) is 38.3 Å². The lowest BCUT2D eigenvalue weighted by Crippen LogP contribution is -2.49. The molecule has 3 fully saturated rings. The fourth-order valence-electron chi connectivity index (χ4n) is 6.18. The molecule has 0 bridgehead atoms. The number of halogens is 1. The molecule has 14 heteroatoms. The average Bonchev–Trinajstić information content (AvgIpc) is 3.45. The topological polar surface area (TPSA) is 152 Å². The van der Waals surface area contributed by atoms with Crippen molar-refractivity contribution < 1.29 is 9.59 Å². The molecule has 0 atom stereocenters. The Kier molecular flexibility index (Phi) is 7.76. The Hall–Kier alpha value is -4.33. The van der Waals surface area contributed by atoms with Crippen molar-refractivity contribution in [1.82, 2.24) is 35.4 Å². The number of urea groups is 1. The van der Waals surface area contributed by atoms with Gasteiger partial charge in [-0.25, -0.2) is 14.8 Å². The Morgan fingerprint density at radius 3 is 2.49 bits per heavy atom. The number of amides is 3. The number of hydrogen-bond donors (Lipinski definition) is 3. The second kappa shape index (κ2) is 11.9. The van der Waals surface area contributed by atoms with Gasteiger partial charge in [0.2, 0.25) is 5.91 Å². The molecule has 4 aromatic rings. The molecule has 4 N–H and O–H groups in total. The number of aromatic nitrogens is 5. The highest BCUT2D eigenvalue weighted by Crippen LogP contribution is 2.38. The van der Waals surface area contributed by atoms with Gasteiger partial charge in [0, 0.05) is 69.9 Å². The summed E-state index contributed by atoms with van der Waals surface area (Å²) >= 11 is 7.04. The van der Waals surface area contributed by atoms with Crippen LogP contribution in [0.25, 0.3) is 22.4 Å². The number of nitrogens with one attached hydrogen (secondary N) is 2. The lowest BCUT2D eigenvalue weighted by Gasteiger charge is -2.37. The number of pyridine rings is 1. The Morgan fingerprint density at radius 1 is 0.956 bits per heavy atom. The van der Waals surface area contributed by atoms with Crippen molar-refractivity contribution in [3.63, 3.8) is 0 Å². The quantitative estimate of drug-likeness (QED) is 0.290. The number of nitrogens with zero attached hydrogens (tertiary/aromatic N) is 8. The fourth-order valence-corrected chi connectivity index (χ4v) is 6.52. The zero-order valence-corrected chi connectivity index (χ0v) is 25.9. The van der Waals surface area contributed by atoms with Crippen LogP contribution in [-0.4, -0.2) is 93.3 Å². The number of rotatable bonds is 6. The molecule has 3 aliphatic rings. The summed E-state index contributed by atoms with van der Waals surface area (Å²) in [6, 6.07) is 9.44. The molecule has 0 radical (unpaired) electrons. The fraction of sp³-hybridized carbons (Fsp3) is 0.419. The largest absolute Gasteiger partial charge is 0.368 e. The van der Waals surface area contributed by atoms with Crippen molar-refractivity contribution in [3.8, 4) is 11.3 Å². The molecular weight excluding hydrogens is 594 g/mol. The van der Waals surface area contributed by atoms with Crippen molar-refractivity contribution in [2.75, 3.05) is 60.5 Å². The van der Waals surface area contributed by atoms with Crippen molar-refractivity contribution in [3.05, 3.63) is 53.4 Å². The number of carbonyl (C=O) groups excluding carboxylic acids is 2. The summed E-state index contributed by atoms with van der Waals surface area (Å²) in [5.74, 6) is 0.573. The summed E-state index contributed by atoms with van der Waals surface area (Å²) < 4.78 is 0. The second-order valence-corrected chi connectivity index (χ2v) is 12.7. The van der Waals surface area contributed by atoms with Crippen LogP contribution in [0.3, 0.4) is 0 Å². The first-order chi connectivity index (χ1) is 21.7. The monoisotopic (exact) mass is 629 g/mol. The van der Waals surface area contributed by atoms with Gasteiger partial charge < -0.3 is 15.5 Å². The van der Waals surface area contributed by atoms with E-state index in [4.69, 9.17) is 27.3 Å². The summed E-state index contributed by atoms with van der Waals surface area (Å²) in [5, 5.41) is 10.6. The molecule has 3 saturated heterocycles. The van der Waals surface area contributed by atoms with Crippen LogP contribution in [0, 0.1) is 0 Å². The molecule has 3 aliphatic heterocycles. The highest BCUT2D eigenvalue weighted by Gasteiger charge is 2.28. The molecule has 6 heterocycles. The zero-order chi connectivity index (χ0) is 31.1. The van der Waals surface area contributed by atoms with Gasteiger partial charge in [-0.15, -0.1) is 0 Å². The van der Waals surface area contributed by atoms with Crippen LogP contribution in [0.4, 0.5) is 22.0 Å². The number of anilines is 3. The zero-order valence-electron chi connectivity index (χ0n) is 25.2. The van der Waals surface area contributed by atoms with E-state index in [1.165, 1.54) is 4.90 Å². The number of imide groups is 1. The maximum Gasteiger partial charge on any atom is 0.328 e. The first kappa shape index (κ1) is 29.4. The summed E-state index contributed by atoms with van der Waals surface area (Å²) in [6.07, 6.45) is 5.61. The maximum atomic E-state index is 12.1. The van der Waals surface area contributed by atoms with E-state index >= 15 is 0 Å². The molecule has 1 aromatic carbocycles. The van der Waals surface area contributed by atoms with Gasteiger partial charge in [-0.1, -0.05) is 23.7 Å². The van der Waals surface area contributed by atoms with Gasteiger partial charge in [-0.3, -0.25) is 30.0 Å². The first-order valence-corrected chi connectivity index (χ1v) is 15.7. The highest BCUT2D eigenvalue weighted by atomic mass is 35.5. The molecule has 0 aliphatic carbocycles. The normalized spacial score (nSPS) is 19.3. The minimum absolute atomic E-state index is 0.132. The van der Waals surface area contributed by atoms with Crippen LogP contribution in [-0.2, 0) is 11.3 Å².